The van der Waals surface area contributed by atoms with Crippen LogP contribution in [0.25, 0.3) is 0 Å². The molecule has 0 unspecified atom stereocenters. The Bertz CT molecular complexity index is 164. The maximum absolute atomic E-state index is 10.2. The van der Waals surface area contributed by atoms with Crippen molar-refractivity contribution in [2.24, 2.45) is 0 Å². The number of carbonyl (C=O) groups is 2. The van der Waals surface area contributed by atoms with Crippen LogP contribution in [0.3, 0.4) is 0 Å². The molecule has 0 spiro atoms. The molecular weight excluding hydrogens is 124 g/mol. The van der Waals surface area contributed by atoms with E-state index in [0.717, 1.165) is 0 Å². The molecule has 1 saturated heterocycles. The minimum atomic E-state index is -1.24. The lowest BCUT2D eigenvalue weighted by Gasteiger charge is -2.32. The van der Waals surface area contributed by atoms with Crippen LogP contribution in [-0.2, 0) is 14.3 Å². The van der Waals surface area contributed by atoms with Crippen molar-refractivity contribution in [1.82, 2.24) is 0 Å². The van der Waals surface area contributed by atoms with E-state index < -0.39 is 17.5 Å². The van der Waals surface area contributed by atoms with Crippen LogP contribution in [0.4, 0.5) is 0 Å². The highest BCUT2D eigenvalue weighted by Gasteiger charge is 2.48. The summed E-state index contributed by atoms with van der Waals surface area (Å²) in [5, 5.41) is 8.33. The van der Waals surface area contributed by atoms with Gasteiger partial charge in [0.25, 0.3) is 0 Å². The first-order valence-corrected chi connectivity index (χ1v) is 2.50. The molecular formula is C5H6O4. The molecule has 0 radical (unpaired) electrons. The molecule has 1 fully saturated rings. The summed E-state index contributed by atoms with van der Waals surface area (Å²) in [6.07, 6.45) is -0.0116. The molecule has 0 bridgehead atoms. The molecule has 1 N–H and O–H groups in total. The smallest absolute Gasteiger partial charge is 0.348 e. The Morgan fingerprint density at radius 2 is 2.33 bits per heavy atom. The summed E-state index contributed by atoms with van der Waals surface area (Å²) < 4.78 is 4.35. The van der Waals surface area contributed by atoms with Gasteiger partial charge in [0.15, 0.2) is 0 Å². The number of carboxylic acids is 1. The van der Waals surface area contributed by atoms with Gasteiger partial charge >= 0.3 is 11.9 Å². The Morgan fingerprint density at radius 3 is 2.44 bits per heavy atom. The van der Waals surface area contributed by atoms with Crippen molar-refractivity contribution in [2.45, 2.75) is 18.9 Å². The highest BCUT2D eigenvalue weighted by atomic mass is 16.6. The van der Waals surface area contributed by atoms with Crippen LogP contribution >= 0.6 is 0 Å². The number of hydrogen-bond donors (Lipinski definition) is 1. The fraction of sp³-hybridized carbons (Fsp3) is 0.600. The van der Waals surface area contributed by atoms with E-state index >= 15 is 0 Å². The Balaban J connectivity index is 2.60. The fourth-order valence-electron chi connectivity index (χ4n) is 0.638. The Kier molecular flexibility index (Phi) is 0.986. The van der Waals surface area contributed by atoms with Gasteiger partial charge in [0.1, 0.15) is 0 Å². The van der Waals surface area contributed by atoms with E-state index in [9.17, 15) is 9.59 Å². The van der Waals surface area contributed by atoms with Crippen molar-refractivity contribution in [3.63, 3.8) is 0 Å². The molecule has 1 atom stereocenters. The Hall–Kier alpha value is -1.06. The van der Waals surface area contributed by atoms with Crippen molar-refractivity contribution in [1.29, 1.82) is 0 Å². The lowest BCUT2D eigenvalue weighted by atomic mass is 9.97. The first kappa shape index (κ1) is 6.07. The second-order valence-electron chi connectivity index (χ2n) is 2.19. The second kappa shape index (κ2) is 1.46. The molecule has 1 aliphatic heterocycles. The predicted molar refractivity (Wildman–Crippen MR) is 26.7 cm³/mol. The van der Waals surface area contributed by atoms with Gasteiger partial charge in [0, 0.05) is 0 Å². The molecule has 1 heterocycles. The van der Waals surface area contributed by atoms with Crippen molar-refractivity contribution in [2.75, 3.05) is 0 Å². The highest BCUT2D eigenvalue weighted by molar-refractivity contribution is 5.91. The average molecular weight is 130 g/mol. The van der Waals surface area contributed by atoms with E-state index in [1.165, 1.54) is 6.92 Å². The zero-order valence-electron chi connectivity index (χ0n) is 4.88. The molecule has 0 aromatic heterocycles. The third-order valence-electron chi connectivity index (χ3n) is 1.27. The van der Waals surface area contributed by atoms with E-state index in [1.54, 1.807) is 0 Å². The van der Waals surface area contributed by atoms with Gasteiger partial charge in [0.2, 0.25) is 5.60 Å². The molecule has 4 nitrogen and oxygen atoms in total. The monoisotopic (exact) mass is 130 g/mol. The van der Waals surface area contributed by atoms with Gasteiger partial charge in [-0.15, -0.1) is 0 Å². The van der Waals surface area contributed by atoms with Gasteiger partial charge in [-0.25, -0.2) is 4.79 Å². The fourth-order valence-corrected chi connectivity index (χ4v) is 0.638. The summed E-state index contributed by atoms with van der Waals surface area (Å²) in [4.78, 5) is 20.3. The summed E-state index contributed by atoms with van der Waals surface area (Å²) in [5.74, 6) is -1.53. The van der Waals surface area contributed by atoms with E-state index in [4.69, 9.17) is 5.11 Å². The molecule has 0 saturated carbocycles. The summed E-state index contributed by atoms with van der Waals surface area (Å²) >= 11 is 0. The average Bonchev–Trinajstić information content (AvgIpc) is 1.62. The maximum Gasteiger partial charge on any atom is 0.348 e. The van der Waals surface area contributed by atoms with Crippen molar-refractivity contribution >= 4 is 11.9 Å². The molecule has 0 aliphatic carbocycles. The third-order valence-corrected chi connectivity index (χ3v) is 1.27. The largest absolute Gasteiger partial charge is 0.478 e. The molecule has 0 aromatic rings. The second-order valence-corrected chi connectivity index (χ2v) is 2.19. The minimum Gasteiger partial charge on any atom is -0.478 e. The Labute approximate surface area is 51.4 Å². The zero-order valence-corrected chi connectivity index (χ0v) is 4.88. The van der Waals surface area contributed by atoms with Crippen LogP contribution in [-0.4, -0.2) is 22.6 Å². The van der Waals surface area contributed by atoms with Crippen molar-refractivity contribution in [3.05, 3.63) is 0 Å². The number of hydrogen-bond acceptors (Lipinski definition) is 3. The highest BCUT2D eigenvalue weighted by Crippen LogP contribution is 2.26. The normalized spacial score (nSPS) is 32.8. The number of aliphatic carboxylic acids is 1. The number of esters is 1. The van der Waals surface area contributed by atoms with Crippen LogP contribution in [0.5, 0.6) is 0 Å². The first-order chi connectivity index (χ1) is 4.04. The third kappa shape index (κ3) is 0.759. The van der Waals surface area contributed by atoms with E-state index in [1.807, 2.05) is 0 Å². The summed E-state index contributed by atoms with van der Waals surface area (Å²) in [5.41, 5.74) is -1.24. The molecule has 0 amide bonds. The van der Waals surface area contributed by atoms with Crippen molar-refractivity contribution in [3.8, 4) is 0 Å². The molecule has 1 rings (SSSR count). The summed E-state index contributed by atoms with van der Waals surface area (Å²) in [6.45, 7) is 1.37. The lowest BCUT2D eigenvalue weighted by molar-refractivity contribution is -0.201. The van der Waals surface area contributed by atoms with Gasteiger partial charge in [-0.2, -0.15) is 0 Å². The lowest BCUT2D eigenvalue weighted by Crippen LogP contribution is -2.51. The molecule has 9 heavy (non-hydrogen) atoms. The quantitative estimate of drug-likeness (QED) is 0.498. The standard InChI is InChI=1S/C5H6O4/c1-5(4(7)8)2-3(6)9-5/h2H2,1H3,(H,7,8)/t5-/m0/s1. The van der Waals surface area contributed by atoms with Gasteiger partial charge in [-0.05, 0) is 6.92 Å². The van der Waals surface area contributed by atoms with E-state index in [0.29, 0.717) is 0 Å². The van der Waals surface area contributed by atoms with Crippen LogP contribution in [0.15, 0.2) is 0 Å². The number of cyclic esters (lactones) is 1. The summed E-state index contributed by atoms with van der Waals surface area (Å²) in [6, 6.07) is 0. The van der Waals surface area contributed by atoms with Crippen LogP contribution in [0.1, 0.15) is 13.3 Å². The SMILES string of the molecule is C[C@@]1(C(=O)O)CC(=O)O1. The van der Waals surface area contributed by atoms with Crippen molar-refractivity contribution < 1.29 is 19.4 Å². The number of rotatable bonds is 1. The molecule has 4 heteroatoms. The Morgan fingerprint density at radius 1 is 1.89 bits per heavy atom. The minimum absolute atomic E-state index is 0.0116. The first-order valence-electron chi connectivity index (χ1n) is 2.50. The number of ether oxygens (including phenoxy) is 1. The van der Waals surface area contributed by atoms with Gasteiger partial charge in [0.05, 0.1) is 6.42 Å². The van der Waals surface area contributed by atoms with Gasteiger partial charge < -0.3 is 9.84 Å². The van der Waals surface area contributed by atoms with Crippen LogP contribution < -0.4 is 0 Å². The van der Waals surface area contributed by atoms with Gasteiger partial charge in [-0.1, -0.05) is 0 Å². The number of carboxylic acid groups (broad SMARTS) is 1. The van der Waals surface area contributed by atoms with Gasteiger partial charge in [-0.3, -0.25) is 4.79 Å². The molecule has 50 valence electrons. The van der Waals surface area contributed by atoms with E-state index in [-0.39, 0.29) is 6.42 Å². The predicted octanol–water partition coefficient (Wildman–Crippen LogP) is -0.223. The summed E-state index contributed by atoms with van der Waals surface area (Å²) in [7, 11) is 0. The maximum atomic E-state index is 10.2. The van der Waals surface area contributed by atoms with E-state index in [2.05, 4.69) is 4.74 Å². The molecule has 1 aliphatic rings. The molecule has 0 aromatic carbocycles. The zero-order chi connectivity index (χ0) is 7.07. The topological polar surface area (TPSA) is 63.6 Å². The van der Waals surface area contributed by atoms with Crippen LogP contribution in [0, 0.1) is 0 Å². The van der Waals surface area contributed by atoms with Crippen LogP contribution in [0.2, 0.25) is 0 Å². The number of carbonyl (C=O) groups excluding carboxylic acids is 1.